The fraction of sp³-hybridized carbons (Fsp3) is 0.237. The second-order valence-electron chi connectivity index (χ2n) is 12.5. The number of H-pyrrole nitrogens is 1. The number of halogens is 3. The molecule has 7 rings (SSSR count). The van der Waals surface area contributed by atoms with E-state index in [4.69, 9.17) is 9.90 Å². The summed E-state index contributed by atoms with van der Waals surface area (Å²) >= 11 is 0. The van der Waals surface area contributed by atoms with E-state index in [1.807, 2.05) is 97.1 Å². The second-order valence-corrected chi connectivity index (χ2v) is 12.5. The Morgan fingerprint density at radius 1 is 0.885 bits per heavy atom. The summed E-state index contributed by atoms with van der Waals surface area (Å²) in [6.45, 7) is 1.46. The van der Waals surface area contributed by atoms with Crippen molar-refractivity contribution in [3.05, 3.63) is 119 Å². The number of carboxylic acids is 2. The molecule has 14 heteroatoms. The van der Waals surface area contributed by atoms with E-state index >= 15 is 0 Å². The number of nitrogens with one attached hydrogen (secondary N) is 2. The minimum absolute atomic E-state index is 0.0254. The van der Waals surface area contributed by atoms with Crippen LogP contribution in [-0.4, -0.2) is 67.0 Å². The van der Waals surface area contributed by atoms with Gasteiger partial charge in [0.15, 0.2) is 0 Å². The highest BCUT2D eigenvalue weighted by Gasteiger charge is 2.38. The Hall–Kier alpha value is -6.18. The Morgan fingerprint density at radius 3 is 2.21 bits per heavy atom. The van der Waals surface area contributed by atoms with Crippen LogP contribution in [-0.2, 0) is 22.6 Å². The molecule has 1 unspecified atom stereocenters. The zero-order valence-electron chi connectivity index (χ0n) is 27.8. The Labute approximate surface area is 295 Å². The van der Waals surface area contributed by atoms with Crippen molar-refractivity contribution in [2.24, 2.45) is 5.92 Å². The van der Waals surface area contributed by atoms with Crippen molar-refractivity contribution in [1.29, 1.82) is 0 Å². The first-order chi connectivity index (χ1) is 24.9. The molecule has 6 aromatic rings. The van der Waals surface area contributed by atoms with E-state index in [2.05, 4.69) is 25.2 Å². The maximum Gasteiger partial charge on any atom is 0.490 e. The van der Waals surface area contributed by atoms with E-state index in [0.29, 0.717) is 25.3 Å². The summed E-state index contributed by atoms with van der Waals surface area (Å²) in [5, 5.41) is 23.0. The molecule has 4 aromatic carbocycles. The lowest BCUT2D eigenvalue weighted by Gasteiger charge is -2.34. The highest BCUT2D eigenvalue weighted by molar-refractivity contribution is 5.83. The van der Waals surface area contributed by atoms with Gasteiger partial charge in [-0.25, -0.2) is 14.6 Å². The minimum Gasteiger partial charge on any atom is -0.481 e. The third-order valence-electron chi connectivity index (χ3n) is 8.89. The fourth-order valence-corrected chi connectivity index (χ4v) is 6.24. The first kappa shape index (κ1) is 35.6. The van der Waals surface area contributed by atoms with E-state index in [-0.39, 0.29) is 12.6 Å². The monoisotopic (exact) mass is 712 g/mol. The van der Waals surface area contributed by atoms with Gasteiger partial charge in [-0.05, 0) is 53.3 Å². The number of imidazole rings is 1. The summed E-state index contributed by atoms with van der Waals surface area (Å²) in [4.78, 5) is 49.5. The third-order valence-corrected chi connectivity index (χ3v) is 8.89. The first-order valence-electron chi connectivity index (χ1n) is 16.6. The number of fused-ring (bicyclic) bond motifs is 2. The lowest BCUT2D eigenvalue weighted by molar-refractivity contribution is -0.192. The maximum absolute atomic E-state index is 13.4. The molecule has 52 heavy (non-hydrogen) atoms. The summed E-state index contributed by atoms with van der Waals surface area (Å²) in [7, 11) is 0. The van der Waals surface area contributed by atoms with Crippen LogP contribution in [0.1, 0.15) is 18.4 Å². The normalized spacial score (nSPS) is 14.1. The molecule has 0 saturated carbocycles. The molecular weight excluding hydrogens is 677 g/mol. The Kier molecular flexibility index (Phi) is 10.5. The van der Waals surface area contributed by atoms with Crippen LogP contribution in [0.2, 0.25) is 0 Å². The molecule has 0 bridgehead atoms. The third kappa shape index (κ3) is 8.57. The molecule has 1 aliphatic rings. The number of aromatic amines is 1. The van der Waals surface area contributed by atoms with Gasteiger partial charge in [-0.15, -0.1) is 0 Å². The first-order valence-corrected chi connectivity index (χ1v) is 16.6. The van der Waals surface area contributed by atoms with Crippen LogP contribution in [0.4, 0.5) is 24.9 Å². The number of carboxylic acid groups (broad SMARTS) is 2. The molecule has 4 N–H and O–H groups in total. The van der Waals surface area contributed by atoms with Crippen molar-refractivity contribution in [3.8, 4) is 11.1 Å². The lowest BCUT2D eigenvalue weighted by atomic mass is 9.97. The molecule has 0 spiro atoms. The number of hydrogen-bond donors (Lipinski definition) is 4. The van der Waals surface area contributed by atoms with Gasteiger partial charge in [0.2, 0.25) is 5.95 Å². The molecule has 0 aliphatic carbocycles. The Balaban J connectivity index is 0.000000604. The van der Waals surface area contributed by atoms with Crippen LogP contribution >= 0.6 is 0 Å². The largest absolute Gasteiger partial charge is 0.490 e. The Bertz CT molecular complexity index is 2210. The second kappa shape index (κ2) is 15.4. The average molecular weight is 713 g/mol. The number of benzene rings is 4. The van der Waals surface area contributed by atoms with Crippen LogP contribution in [0.3, 0.4) is 0 Å². The van der Waals surface area contributed by atoms with Gasteiger partial charge in [0.25, 0.3) is 0 Å². The fourth-order valence-electron chi connectivity index (χ4n) is 6.24. The van der Waals surface area contributed by atoms with Gasteiger partial charge < -0.3 is 25.4 Å². The molecule has 1 saturated heterocycles. The van der Waals surface area contributed by atoms with Crippen LogP contribution in [0.15, 0.2) is 108 Å². The number of rotatable bonds is 9. The number of nitrogens with zero attached hydrogens (tertiary/aromatic N) is 4. The smallest absolute Gasteiger partial charge is 0.481 e. The summed E-state index contributed by atoms with van der Waals surface area (Å²) < 4.78 is 33.2. The number of alkyl halides is 3. The van der Waals surface area contributed by atoms with Gasteiger partial charge in [0.05, 0.1) is 17.0 Å². The van der Waals surface area contributed by atoms with Crippen molar-refractivity contribution in [2.45, 2.75) is 38.0 Å². The summed E-state index contributed by atoms with van der Waals surface area (Å²) in [6, 6.07) is 32.0. The van der Waals surface area contributed by atoms with E-state index in [9.17, 15) is 27.9 Å². The van der Waals surface area contributed by atoms with E-state index in [1.54, 1.807) is 6.20 Å². The van der Waals surface area contributed by atoms with Crippen molar-refractivity contribution < 1.29 is 33.0 Å². The minimum atomic E-state index is -5.08. The number of aliphatic carboxylic acids is 2. The lowest BCUT2D eigenvalue weighted by Crippen LogP contribution is -2.41. The molecule has 1 fully saturated rings. The molecule has 1 atom stereocenters. The summed E-state index contributed by atoms with van der Waals surface area (Å²) in [5.41, 5.74) is 4.14. The molecule has 268 valence electrons. The summed E-state index contributed by atoms with van der Waals surface area (Å²) in [6.07, 6.45) is -1.29. The molecule has 11 nitrogen and oxygen atoms in total. The number of para-hydroxylation sites is 2. The highest BCUT2D eigenvalue weighted by atomic mass is 19.4. The predicted octanol–water partition coefficient (Wildman–Crippen LogP) is 6.60. The van der Waals surface area contributed by atoms with Crippen LogP contribution in [0.25, 0.3) is 32.9 Å². The molecule has 2 aromatic heterocycles. The standard InChI is InChI=1S/C36H34N6O3.C2HF3O2/c43-34(44)28(21-24-14-15-25-8-4-5-11-27(25)20-24)22-42-23-30(26-9-2-1-3-10-26)33(40-36(42)45)41-18-16-29(17-19-41)37-35-38-31-12-6-7-13-32(31)39-35;3-2(4,5)1(6)7/h1-15,20,23,28-29H,16-19,21-22H2,(H,43,44)(H2,37,38,39);(H,6,7). The van der Waals surface area contributed by atoms with Crippen molar-refractivity contribution in [3.63, 3.8) is 0 Å². The molecular formula is C38H35F3N6O5. The van der Waals surface area contributed by atoms with Crippen LogP contribution < -0.4 is 15.9 Å². The zero-order chi connectivity index (χ0) is 36.8. The topological polar surface area (TPSA) is 153 Å². The summed E-state index contributed by atoms with van der Waals surface area (Å²) in [5.74, 6) is -3.10. The number of hydrogen-bond acceptors (Lipinski definition) is 7. The number of aromatic nitrogens is 4. The SMILES string of the molecule is O=C(O)C(Cc1ccc2ccccc2c1)Cn1cc(-c2ccccc2)c(N2CCC(Nc3nc4ccccc4[nH]3)CC2)nc1=O.O=C(O)C(F)(F)F. The number of anilines is 2. The quantitative estimate of drug-likeness (QED) is 0.130. The van der Waals surface area contributed by atoms with E-state index in [1.165, 1.54) is 4.57 Å². The van der Waals surface area contributed by atoms with Gasteiger partial charge in [-0.3, -0.25) is 9.36 Å². The van der Waals surface area contributed by atoms with Gasteiger partial charge in [-0.1, -0.05) is 84.9 Å². The number of piperidine rings is 1. The van der Waals surface area contributed by atoms with Crippen molar-refractivity contribution in [2.75, 3.05) is 23.3 Å². The highest BCUT2D eigenvalue weighted by Crippen LogP contribution is 2.31. The zero-order valence-corrected chi connectivity index (χ0v) is 27.8. The van der Waals surface area contributed by atoms with Gasteiger partial charge in [-0.2, -0.15) is 18.2 Å². The van der Waals surface area contributed by atoms with Crippen LogP contribution in [0.5, 0.6) is 0 Å². The molecule has 0 amide bonds. The Morgan fingerprint density at radius 2 is 1.54 bits per heavy atom. The van der Waals surface area contributed by atoms with Gasteiger partial charge >= 0.3 is 23.8 Å². The van der Waals surface area contributed by atoms with Crippen LogP contribution in [0, 0.1) is 5.92 Å². The maximum atomic E-state index is 13.4. The van der Waals surface area contributed by atoms with Gasteiger partial charge in [0.1, 0.15) is 5.82 Å². The predicted molar refractivity (Wildman–Crippen MR) is 191 cm³/mol. The van der Waals surface area contributed by atoms with Crippen molar-refractivity contribution >= 4 is 45.5 Å². The van der Waals surface area contributed by atoms with Gasteiger partial charge in [0, 0.05) is 37.4 Å². The van der Waals surface area contributed by atoms with Crippen molar-refractivity contribution in [1.82, 2.24) is 19.5 Å². The van der Waals surface area contributed by atoms with E-state index < -0.39 is 29.7 Å². The molecule has 1 aliphatic heterocycles. The molecule has 0 radical (unpaired) electrons. The molecule has 3 heterocycles. The number of carbonyl (C=O) groups is 2. The average Bonchev–Trinajstić information content (AvgIpc) is 3.55. The van der Waals surface area contributed by atoms with E-state index in [0.717, 1.165) is 57.3 Å².